The highest BCUT2D eigenvalue weighted by Crippen LogP contribution is 2.18. The van der Waals surface area contributed by atoms with Gasteiger partial charge < -0.3 is 9.47 Å². The largest absolute Gasteiger partial charge is 0.464 e. The van der Waals surface area contributed by atoms with Crippen molar-refractivity contribution in [3.05, 3.63) is 75.9 Å². The average molecular weight is 390 g/mol. The lowest BCUT2D eigenvalue weighted by atomic mass is 10.2. The van der Waals surface area contributed by atoms with Crippen LogP contribution in [0.4, 0.5) is 4.79 Å². The molecule has 2 aromatic carbocycles. The molecule has 0 atom stereocenters. The van der Waals surface area contributed by atoms with E-state index in [1.807, 2.05) is 48.5 Å². The van der Waals surface area contributed by atoms with Gasteiger partial charge in [-0.25, -0.2) is 9.59 Å². The van der Waals surface area contributed by atoms with Gasteiger partial charge in [-0.2, -0.15) is 0 Å². The standard InChI is InChI=1S/C18H16BrNO4/c1-23-17(21)16(11-14-9-5-6-10-15(14)19)20-18(22)24-12-13-7-3-2-4-8-13/h2-11H,12H2,1H3,(H,20,22). The van der Waals surface area contributed by atoms with E-state index >= 15 is 0 Å². The lowest BCUT2D eigenvalue weighted by molar-refractivity contribution is -0.136. The molecule has 2 aromatic rings. The Balaban J connectivity index is 2.07. The topological polar surface area (TPSA) is 64.6 Å². The van der Waals surface area contributed by atoms with Crippen LogP contribution < -0.4 is 5.32 Å². The van der Waals surface area contributed by atoms with Crippen molar-refractivity contribution in [3.8, 4) is 0 Å². The van der Waals surface area contributed by atoms with E-state index in [1.165, 1.54) is 13.2 Å². The van der Waals surface area contributed by atoms with Crippen LogP contribution in [-0.2, 0) is 20.9 Å². The summed E-state index contributed by atoms with van der Waals surface area (Å²) >= 11 is 3.38. The van der Waals surface area contributed by atoms with E-state index in [0.717, 1.165) is 15.6 Å². The summed E-state index contributed by atoms with van der Waals surface area (Å²) in [5, 5.41) is 2.42. The quantitative estimate of drug-likeness (QED) is 0.622. The number of nitrogens with one attached hydrogen (secondary N) is 1. The second kappa shape index (κ2) is 8.88. The Morgan fingerprint density at radius 1 is 1.08 bits per heavy atom. The third-order valence-electron chi connectivity index (χ3n) is 3.06. The van der Waals surface area contributed by atoms with Crippen molar-refractivity contribution < 1.29 is 19.1 Å². The number of carbonyl (C=O) groups is 2. The van der Waals surface area contributed by atoms with Crippen molar-refractivity contribution in [3.63, 3.8) is 0 Å². The van der Waals surface area contributed by atoms with Gasteiger partial charge in [0.1, 0.15) is 12.3 Å². The predicted octanol–water partition coefficient (Wildman–Crippen LogP) is 3.89. The van der Waals surface area contributed by atoms with Gasteiger partial charge in [-0.15, -0.1) is 0 Å². The van der Waals surface area contributed by atoms with Gasteiger partial charge >= 0.3 is 12.1 Å². The smallest absolute Gasteiger partial charge is 0.412 e. The van der Waals surface area contributed by atoms with E-state index in [-0.39, 0.29) is 12.3 Å². The summed E-state index contributed by atoms with van der Waals surface area (Å²) in [7, 11) is 1.24. The zero-order chi connectivity index (χ0) is 17.4. The molecule has 0 spiro atoms. The number of methoxy groups -OCH3 is 1. The average Bonchev–Trinajstić information content (AvgIpc) is 2.61. The van der Waals surface area contributed by atoms with Crippen LogP contribution in [0.2, 0.25) is 0 Å². The highest BCUT2D eigenvalue weighted by Gasteiger charge is 2.15. The third kappa shape index (κ3) is 5.24. The van der Waals surface area contributed by atoms with Crippen LogP contribution in [0.15, 0.2) is 64.8 Å². The SMILES string of the molecule is COC(=O)C(=Cc1ccccc1Br)NC(=O)OCc1ccccc1. The number of alkyl carbamates (subject to hydrolysis) is 1. The molecule has 1 amide bonds. The Morgan fingerprint density at radius 2 is 1.75 bits per heavy atom. The summed E-state index contributed by atoms with van der Waals surface area (Å²) in [6.07, 6.45) is 0.780. The van der Waals surface area contributed by atoms with E-state index in [2.05, 4.69) is 21.2 Å². The Bertz CT molecular complexity index is 744. The molecule has 124 valence electrons. The minimum absolute atomic E-state index is 0.0116. The highest BCUT2D eigenvalue weighted by atomic mass is 79.9. The van der Waals surface area contributed by atoms with E-state index < -0.39 is 12.1 Å². The van der Waals surface area contributed by atoms with Gasteiger partial charge in [0.15, 0.2) is 0 Å². The maximum atomic E-state index is 11.9. The maximum Gasteiger partial charge on any atom is 0.412 e. The molecule has 5 nitrogen and oxygen atoms in total. The maximum absolute atomic E-state index is 11.9. The molecule has 6 heteroatoms. The predicted molar refractivity (Wildman–Crippen MR) is 93.9 cm³/mol. The number of carbonyl (C=O) groups excluding carboxylic acids is 2. The van der Waals surface area contributed by atoms with Crippen LogP contribution >= 0.6 is 15.9 Å². The van der Waals surface area contributed by atoms with Crippen molar-refractivity contribution in [1.29, 1.82) is 0 Å². The van der Waals surface area contributed by atoms with E-state index in [9.17, 15) is 9.59 Å². The summed E-state index contributed by atoms with van der Waals surface area (Å²) in [5.41, 5.74) is 1.56. The van der Waals surface area contributed by atoms with Gasteiger partial charge in [-0.1, -0.05) is 64.5 Å². The van der Waals surface area contributed by atoms with Crippen LogP contribution in [0.1, 0.15) is 11.1 Å². The van der Waals surface area contributed by atoms with Crippen LogP contribution in [0.3, 0.4) is 0 Å². The second-order valence-corrected chi connectivity index (χ2v) is 5.61. The fraction of sp³-hybridized carbons (Fsp3) is 0.111. The molecule has 24 heavy (non-hydrogen) atoms. The summed E-state index contributed by atoms with van der Waals surface area (Å²) in [5.74, 6) is -0.664. The molecular formula is C18H16BrNO4. The van der Waals surface area contributed by atoms with Crippen molar-refractivity contribution in [1.82, 2.24) is 5.32 Å². The Labute approximate surface area is 148 Å². The lowest BCUT2D eigenvalue weighted by Gasteiger charge is -2.10. The summed E-state index contributed by atoms with van der Waals surface area (Å²) in [4.78, 5) is 23.8. The van der Waals surface area contributed by atoms with Gasteiger partial charge in [0.05, 0.1) is 7.11 Å². The van der Waals surface area contributed by atoms with Crippen molar-refractivity contribution in [2.75, 3.05) is 7.11 Å². The molecule has 2 rings (SSSR count). The first-order valence-electron chi connectivity index (χ1n) is 7.12. The number of halogens is 1. The Hall–Kier alpha value is -2.60. The first kappa shape index (κ1) is 17.7. The number of ether oxygens (including phenoxy) is 2. The van der Waals surface area contributed by atoms with Crippen LogP contribution in [0.5, 0.6) is 0 Å². The Kier molecular flexibility index (Phi) is 6.57. The fourth-order valence-corrected chi connectivity index (χ4v) is 2.27. The number of hydrogen-bond acceptors (Lipinski definition) is 4. The number of hydrogen-bond donors (Lipinski definition) is 1. The highest BCUT2D eigenvalue weighted by molar-refractivity contribution is 9.10. The van der Waals surface area contributed by atoms with Gasteiger partial charge in [0.2, 0.25) is 0 Å². The number of benzene rings is 2. The summed E-state index contributed by atoms with van der Waals surface area (Å²) in [6.45, 7) is 0.107. The van der Waals surface area contributed by atoms with Gasteiger partial charge in [-0.3, -0.25) is 5.32 Å². The van der Waals surface area contributed by atoms with Crippen LogP contribution in [-0.4, -0.2) is 19.2 Å². The molecule has 0 fully saturated rings. The van der Waals surface area contributed by atoms with Crippen molar-refractivity contribution >= 4 is 34.1 Å². The van der Waals surface area contributed by atoms with E-state index in [0.29, 0.717) is 0 Å². The van der Waals surface area contributed by atoms with Crippen LogP contribution in [0, 0.1) is 0 Å². The zero-order valence-corrected chi connectivity index (χ0v) is 14.6. The molecule has 0 saturated heterocycles. The zero-order valence-electron chi connectivity index (χ0n) is 13.0. The molecule has 0 aliphatic rings. The van der Waals surface area contributed by atoms with Gasteiger partial charge in [0.25, 0.3) is 0 Å². The molecule has 0 aliphatic heterocycles. The first-order valence-corrected chi connectivity index (χ1v) is 7.91. The molecule has 0 bridgehead atoms. The molecular weight excluding hydrogens is 374 g/mol. The normalized spacial score (nSPS) is 10.8. The summed E-state index contributed by atoms with van der Waals surface area (Å²) in [6, 6.07) is 16.5. The lowest BCUT2D eigenvalue weighted by Crippen LogP contribution is -2.28. The fourth-order valence-electron chi connectivity index (χ4n) is 1.87. The Morgan fingerprint density at radius 3 is 2.42 bits per heavy atom. The van der Waals surface area contributed by atoms with Crippen molar-refractivity contribution in [2.24, 2.45) is 0 Å². The molecule has 1 N–H and O–H groups in total. The molecule has 0 unspecified atom stereocenters. The van der Waals surface area contributed by atoms with E-state index in [4.69, 9.17) is 9.47 Å². The molecule has 0 aliphatic carbocycles. The molecule has 0 aromatic heterocycles. The van der Waals surface area contributed by atoms with Gasteiger partial charge in [0, 0.05) is 4.47 Å². The monoisotopic (exact) mass is 389 g/mol. The number of rotatable bonds is 5. The molecule has 0 heterocycles. The number of amides is 1. The van der Waals surface area contributed by atoms with Crippen LogP contribution in [0.25, 0.3) is 6.08 Å². The molecule has 0 saturated carbocycles. The minimum Gasteiger partial charge on any atom is -0.464 e. The third-order valence-corrected chi connectivity index (χ3v) is 3.78. The van der Waals surface area contributed by atoms with Gasteiger partial charge in [-0.05, 0) is 23.3 Å². The van der Waals surface area contributed by atoms with E-state index in [1.54, 1.807) is 6.07 Å². The molecule has 0 radical (unpaired) electrons. The van der Waals surface area contributed by atoms with Crippen molar-refractivity contribution in [2.45, 2.75) is 6.61 Å². The first-order chi connectivity index (χ1) is 11.6. The minimum atomic E-state index is -0.734. The summed E-state index contributed by atoms with van der Waals surface area (Å²) < 4.78 is 10.6. The second-order valence-electron chi connectivity index (χ2n) is 4.76. The number of esters is 1.